The first-order chi connectivity index (χ1) is 14.1. The molecule has 0 unspecified atom stereocenters. The van der Waals surface area contributed by atoms with E-state index in [4.69, 9.17) is 0 Å². The highest BCUT2D eigenvalue weighted by Gasteiger charge is 2.44. The smallest absolute Gasteiger partial charge is 0.294 e. The van der Waals surface area contributed by atoms with Crippen molar-refractivity contribution < 1.29 is 13.8 Å². The third kappa shape index (κ3) is 3.62. The Hall–Kier alpha value is -3.50. The fourth-order valence-electron chi connectivity index (χ4n) is 3.52. The molecule has 2 atom stereocenters. The minimum Gasteiger partial charge on any atom is -0.314 e. The van der Waals surface area contributed by atoms with Crippen molar-refractivity contribution in [3.63, 3.8) is 0 Å². The number of nitriles is 1. The lowest BCUT2D eigenvalue weighted by Gasteiger charge is -2.27. The maximum Gasteiger partial charge on any atom is 0.294 e. The Morgan fingerprint density at radius 3 is 2.28 bits per heavy atom. The molecular weight excluding hydrogens is 387 g/mol. The van der Waals surface area contributed by atoms with Crippen molar-refractivity contribution in [2.45, 2.75) is 12.0 Å². The molecule has 4 rings (SSSR count). The molecule has 1 aromatic carbocycles. The van der Waals surface area contributed by atoms with Crippen LogP contribution in [0.15, 0.2) is 83.9 Å². The number of benzene rings is 1. The summed E-state index contributed by atoms with van der Waals surface area (Å²) in [5.41, 5.74) is 2.98. The second kappa shape index (κ2) is 7.86. The molecule has 7 heteroatoms. The van der Waals surface area contributed by atoms with Crippen LogP contribution in [-0.2, 0) is 4.79 Å². The Bertz CT molecular complexity index is 1120. The Kier molecular flexibility index (Phi) is 5.10. The Morgan fingerprint density at radius 2 is 1.66 bits per heavy atom. The molecule has 1 aliphatic rings. The van der Waals surface area contributed by atoms with Crippen LogP contribution >= 0.6 is 12.6 Å². The van der Waals surface area contributed by atoms with E-state index in [0.29, 0.717) is 11.1 Å². The normalized spacial score (nSPS) is 18.9. The largest absolute Gasteiger partial charge is 0.314 e. The minimum atomic E-state index is -0.711. The van der Waals surface area contributed by atoms with Crippen LogP contribution in [0.1, 0.15) is 17.5 Å². The van der Waals surface area contributed by atoms with E-state index in [2.05, 4.69) is 29.0 Å². The Morgan fingerprint density at radius 1 is 1.03 bits per heavy atom. The van der Waals surface area contributed by atoms with Crippen molar-refractivity contribution in [1.29, 1.82) is 5.26 Å². The highest BCUT2D eigenvalue weighted by atomic mass is 32.1. The Labute approximate surface area is 172 Å². The first kappa shape index (κ1) is 18.8. The van der Waals surface area contributed by atoms with Gasteiger partial charge in [-0.05, 0) is 41.0 Å². The molecule has 142 valence electrons. The molecule has 0 aliphatic carbocycles. The predicted molar refractivity (Wildman–Crippen MR) is 108 cm³/mol. The maximum absolute atomic E-state index is 13.4. The van der Waals surface area contributed by atoms with E-state index in [1.807, 2.05) is 24.3 Å². The first-order valence-corrected chi connectivity index (χ1v) is 9.34. The van der Waals surface area contributed by atoms with E-state index in [0.717, 1.165) is 11.1 Å². The van der Waals surface area contributed by atoms with Gasteiger partial charge in [-0.1, -0.05) is 12.1 Å². The Balaban J connectivity index is 1.78. The summed E-state index contributed by atoms with van der Waals surface area (Å²) in [5, 5.41) is 12.6. The average molecular weight is 403 g/mol. The van der Waals surface area contributed by atoms with E-state index < -0.39 is 12.0 Å². The molecule has 2 aromatic heterocycles. The number of thiol groups is 1. The van der Waals surface area contributed by atoms with Crippen LogP contribution in [0.3, 0.4) is 0 Å². The van der Waals surface area contributed by atoms with Crippen LogP contribution < -0.4 is 9.88 Å². The topological polar surface area (TPSA) is 69.7 Å². The summed E-state index contributed by atoms with van der Waals surface area (Å²) in [5.74, 6) is -1.25. The van der Waals surface area contributed by atoms with Gasteiger partial charge in [-0.25, -0.2) is 4.39 Å². The number of rotatable bonds is 3. The molecule has 0 fully saturated rings. The van der Waals surface area contributed by atoms with Gasteiger partial charge < -0.3 is 5.32 Å². The number of hydrogen-bond acceptors (Lipinski definition) is 4. The van der Waals surface area contributed by atoms with Crippen molar-refractivity contribution in [2.75, 3.05) is 0 Å². The molecule has 3 aromatic rings. The lowest BCUT2D eigenvalue weighted by atomic mass is 9.83. The second-order valence-electron chi connectivity index (χ2n) is 6.61. The van der Waals surface area contributed by atoms with Gasteiger partial charge in [0.15, 0.2) is 12.4 Å². The van der Waals surface area contributed by atoms with Crippen LogP contribution in [0.2, 0.25) is 0 Å². The number of aromatic nitrogens is 2. The first-order valence-electron chi connectivity index (χ1n) is 8.89. The van der Waals surface area contributed by atoms with E-state index in [9.17, 15) is 14.4 Å². The molecule has 1 aliphatic heterocycles. The zero-order chi connectivity index (χ0) is 20.4. The molecule has 0 spiro atoms. The fraction of sp³-hybridized carbons (Fsp3) is 0.0909. The lowest BCUT2D eigenvalue weighted by molar-refractivity contribution is -0.711. The van der Waals surface area contributed by atoms with Crippen LogP contribution in [0.5, 0.6) is 0 Å². The van der Waals surface area contributed by atoms with Gasteiger partial charge in [0.05, 0.1) is 22.6 Å². The van der Waals surface area contributed by atoms with Gasteiger partial charge in [0.2, 0.25) is 6.04 Å². The molecule has 1 N–H and O–H groups in total. The van der Waals surface area contributed by atoms with Gasteiger partial charge >= 0.3 is 0 Å². The van der Waals surface area contributed by atoms with Gasteiger partial charge in [-0.3, -0.25) is 9.78 Å². The molecule has 29 heavy (non-hydrogen) atoms. The number of carbonyl (C=O) groups excluding carboxylic acids is 1. The number of amides is 1. The second-order valence-corrected chi connectivity index (χ2v) is 7.05. The predicted octanol–water partition coefficient (Wildman–Crippen LogP) is 3.29. The van der Waals surface area contributed by atoms with Crippen molar-refractivity contribution >= 4 is 18.5 Å². The molecule has 5 nitrogen and oxygen atoms in total. The number of pyridine rings is 2. The SMILES string of the molecule is N#CC1=C(S)NC(=O)[C@H]([n+]2ccc(-c3ccncc3)cc2)[C@@H]1c1ccc(F)cc1. The zero-order valence-corrected chi connectivity index (χ0v) is 16.1. The van der Waals surface area contributed by atoms with E-state index in [1.165, 1.54) is 12.1 Å². The van der Waals surface area contributed by atoms with E-state index in [1.54, 1.807) is 41.5 Å². The molecule has 0 bridgehead atoms. The summed E-state index contributed by atoms with van der Waals surface area (Å²) in [7, 11) is 0. The van der Waals surface area contributed by atoms with Gasteiger partial charge in [0, 0.05) is 24.5 Å². The maximum atomic E-state index is 13.4. The highest BCUT2D eigenvalue weighted by Crippen LogP contribution is 2.37. The third-order valence-electron chi connectivity index (χ3n) is 4.93. The summed E-state index contributed by atoms with van der Waals surface area (Å²) < 4.78 is 15.2. The van der Waals surface area contributed by atoms with Gasteiger partial charge in [-0.2, -0.15) is 9.83 Å². The van der Waals surface area contributed by atoms with Crippen molar-refractivity contribution in [3.8, 4) is 17.2 Å². The molecular formula is C22H16FN4OS+. The van der Waals surface area contributed by atoms with Crippen molar-refractivity contribution in [1.82, 2.24) is 10.3 Å². The number of allylic oxidation sites excluding steroid dienone is 1. The molecule has 0 radical (unpaired) electrons. The monoisotopic (exact) mass is 403 g/mol. The number of hydrogen-bond donors (Lipinski definition) is 2. The number of halogens is 1. The molecule has 3 heterocycles. The fourth-order valence-corrected chi connectivity index (χ4v) is 3.82. The minimum absolute atomic E-state index is 0.220. The van der Waals surface area contributed by atoms with Crippen molar-refractivity contribution in [2.24, 2.45) is 0 Å². The third-order valence-corrected chi connectivity index (χ3v) is 5.28. The van der Waals surface area contributed by atoms with Crippen LogP contribution in [-0.4, -0.2) is 10.9 Å². The van der Waals surface area contributed by atoms with Gasteiger partial charge in [0.1, 0.15) is 5.82 Å². The molecule has 1 amide bonds. The summed E-state index contributed by atoms with van der Waals surface area (Å²) >= 11 is 4.28. The number of carbonyl (C=O) groups is 1. The standard InChI is InChI=1S/C22H15FN4OS/c23-17-3-1-16(2-4-17)19-18(13-24)22(29)26-21(28)20(19)27-11-7-15(8-12-27)14-5-9-25-10-6-14/h1-12,19-20H,(H-,26,28,29)/p+1/t19-,20-/m1/s1. The number of nitrogens with one attached hydrogen (secondary N) is 1. The van der Waals surface area contributed by atoms with E-state index >= 15 is 0 Å². The highest BCUT2D eigenvalue weighted by molar-refractivity contribution is 7.84. The molecule has 0 saturated carbocycles. The van der Waals surface area contributed by atoms with Crippen molar-refractivity contribution in [3.05, 3.63) is 95.3 Å². The van der Waals surface area contributed by atoms with E-state index in [-0.39, 0.29) is 16.8 Å². The molecule has 0 saturated heterocycles. The zero-order valence-electron chi connectivity index (χ0n) is 15.2. The quantitative estimate of drug-likeness (QED) is 0.521. The average Bonchev–Trinajstić information content (AvgIpc) is 2.75. The lowest BCUT2D eigenvalue weighted by Crippen LogP contribution is -2.53. The summed E-state index contributed by atoms with van der Waals surface area (Å²) in [6.07, 6.45) is 7.03. The van der Waals surface area contributed by atoms with Gasteiger partial charge in [0.25, 0.3) is 5.91 Å². The summed E-state index contributed by atoms with van der Waals surface area (Å²) in [4.78, 5) is 16.9. The number of nitrogens with zero attached hydrogens (tertiary/aromatic N) is 3. The van der Waals surface area contributed by atoms with Crippen LogP contribution in [0, 0.1) is 17.1 Å². The van der Waals surface area contributed by atoms with Crippen LogP contribution in [0.25, 0.3) is 11.1 Å². The van der Waals surface area contributed by atoms with Crippen LogP contribution in [0.4, 0.5) is 4.39 Å². The van der Waals surface area contributed by atoms with Gasteiger partial charge in [-0.15, -0.1) is 12.6 Å². The summed E-state index contributed by atoms with van der Waals surface area (Å²) in [6, 6.07) is 14.9. The summed E-state index contributed by atoms with van der Waals surface area (Å²) in [6.45, 7) is 0.